The number of nitrogens with zero attached hydrogens (tertiary/aromatic N) is 1. The lowest BCUT2D eigenvalue weighted by atomic mass is 10.2. The minimum Gasteiger partial charge on any atom is -0.496 e. The van der Waals surface area contributed by atoms with Crippen LogP contribution in [0, 0.1) is 13.8 Å². The molecule has 2 aromatic rings. The molecule has 0 unspecified atom stereocenters. The molecule has 0 aliphatic rings. The van der Waals surface area contributed by atoms with Crippen molar-refractivity contribution in [3.8, 4) is 5.75 Å². The maximum Gasteiger partial charge on any atom is 0.240 e. The van der Waals surface area contributed by atoms with E-state index in [2.05, 4.69) is 9.88 Å². The summed E-state index contributed by atoms with van der Waals surface area (Å²) in [5.74, 6) is 1.31. The minimum atomic E-state index is -3.54. The second-order valence-electron chi connectivity index (χ2n) is 4.71. The summed E-state index contributed by atoms with van der Waals surface area (Å²) in [5, 5.41) is 3.75. The average Bonchev–Trinajstić information content (AvgIpc) is 2.84. The summed E-state index contributed by atoms with van der Waals surface area (Å²) in [5.41, 5.74) is 1.55. The highest BCUT2D eigenvalue weighted by molar-refractivity contribution is 7.89. The highest BCUT2D eigenvalue weighted by Crippen LogP contribution is 2.21. The van der Waals surface area contributed by atoms with Crippen LogP contribution >= 0.6 is 0 Å². The van der Waals surface area contributed by atoms with Gasteiger partial charge in [0, 0.05) is 19.0 Å². The number of aromatic nitrogens is 1. The molecule has 1 aromatic carbocycles. The molecule has 114 valence electrons. The van der Waals surface area contributed by atoms with Gasteiger partial charge in [-0.25, -0.2) is 13.1 Å². The van der Waals surface area contributed by atoms with Gasteiger partial charge in [-0.15, -0.1) is 0 Å². The van der Waals surface area contributed by atoms with Gasteiger partial charge < -0.3 is 9.26 Å². The molecule has 0 saturated heterocycles. The van der Waals surface area contributed by atoms with Crippen molar-refractivity contribution >= 4 is 10.0 Å². The van der Waals surface area contributed by atoms with Gasteiger partial charge in [0.05, 0.1) is 17.7 Å². The Morgan fingerprint density at radius 1 is 1.29 bits per heavy atom. The SMILES string of the molecule is COc1ccc(S(=O)(=O)NCCc2cc(C)no2)cc1C. The van der Waals surface area contributed by atoms with Gasteiger partial charge in [0.25, 0.3) is 0 Å². The standard InChI is InChI=1S/C14H18N2O4S/c1-10-8-13(4-5-14(10)19-3)21(17,18)15-7-6-12-9-11(2)16-20-12/h4-5,8-9,15H,6-7H2,1-3H3. The first-order valence-corrected chi connectivity index (χ1v) is 7.97. The Balaban J connectivity index is 2.02. The summed E-state index contributed by atoms with van der Waals surface area (Å²) < 4.78 is 37.1. The molecule has 0 aliphatic heterocycles. The fourth-order valence-electron chi connectivity index (χ4n) is 1.94. The van der Waals surface area contributed by atoms with Crippen LogP contribution < -0.4 is 9.46 Å². The van der Waals surface area contributed by atoms with Crippen molar-refractivity contribution < 1.29 is 17.7 Å². The van der Waals surface area contributed by atoms with Crippen LogP contribution in [-0.2, 0) is 16.4 Å². The number of methoxy groups -OCH3 is 1. The quantitative estimate of drug-likeness (QED) is 0.880. The summed E-state index contributed by atoms with van der Waals surface area (Å²) >= 11 is 0. The lowest BCUT2D eigenvalue weighted by Gasteiger charge is -2.09. The van der Waals surface area contributed by atoms with Crippen molar-refractivity contribution in [1.82, 2.24) is 9.88 Å². The van der Waals surface area contributed by atoms with Crippen LogP contribution in [0.2, 0.25) is 0 Å². The highest BCUT2D eigenvalue weighted by atomic mass is 32.2. The van der Waals surface area contributed by atoms with Crippen molar-refractivity contribution in [2.45, 2.75) is 25.2 Å². The summed E-state index contributed by atoms with van der Waals surface area (Å²) in [4.78, 5) is 0.217. The van der Waals surface area contributed by atoms with Gasteiger partial charge in [-0.1, -0.05) is 5.16 Å². The molecule has 21 heavy (non-hydrogen) atoms. The van der Waals surface area contributed by atoms with E-state index in [1.54, 1.807) is 32.2 Å². The lowest BCUT2D eigenvalue weighted by molar-refractivity contribution is 0.379. The van der Waals surface area contributed by atoms with Crippen molar-refractivity contribution in [2.24, 2.45) is 0 Å². The van der Waals surface area contributed by atoms with E-state index in [0.717, 1.165) is 11.3 Å². The van der Waals surface area contributed by atoms with Gasteiger partial charge >= 0.3 is 0 Å². The molecule has 0 amide bonds. The molecular formula is C14H18N2O4S. The number of hydrogen-bond acceptors (Lipinski definition) is 5. The Labute approximate surface area is 124 Å². The summed E-state index contributed by atoms with van der Waals surface area (Å²) in [6, 6.07) is 6.53. The fraction of sp³-hybridized carbons (Fsp3) is 0.357. The Hall–Kier alpha value is -1.86. The second-order valence-corrected chi connectivity index (χ2v) is 6.48. The van der Waals surface area contributed by atoms with Gasteiger partial charge in [-0.05, 0) is 37.6 Å². The number of nitrogens with one attached hydrogen (secondary N) is 1. The maximum absolute atomic E-state index is 12.2. The average molecular weight is 310 g/mol. The van der Waals surface area contributed by atoms with Crippen molar-refractivity contribution in [3.05, 3.63) is 41.3 Å². The second kappa shape index (κ2) is 6.28. The normalized spacial score (nSPS) is 11.6. The molecule has 1 N–H and O–H groups in total. The Morgan fingerprint density at radius 3 is 2.62 bits per heavy atom. The molecule has 7 heteroatoms. The fourth-order valence-corrected chi connectivity index (χ4v) is 3.06. The smallest absolute Gasteiger partial charge is 0.240 e. The third-order valence-corrected chi connectivity index (χ3v) is 4.48. The van der Waals surface area contributed by atoms with Gasteiger partial charge in [-0.2, -0.15) is 0 Å². The third-order valence-electron chi connectivity index (χ3n) is 3.02. The predicted molar refractivity (Wildman–Crippen MR) is 77.9 cm³/mol. The van der Waals surface area contributed by atoms with Crippen LogP contribution in [0.3, 0.4) is 0 Å². The van der Waals surface area contributed by atoms with Gasteiger partial charge in [-0.3, -0.25) is 0 Å². The van der Waals surface area contributed by atoms with Crippen LogP contribution in [0.25, 0.3) is 0 Å². The monoisotopic (exact) mass is 310 g/mol. The Bertz CT molecular complexity index is 722. The molecule has 1 aromatic heterocycles. The zero-order valence-corrected chi connectivity index (χ0v) is 13.0. The predicted octanol–water partition coefficient (Wildman–Crippen LogP) is 1.82. The maximum atomic E-state index is 12.2. The topological polar surface area (TPSA) is 81.4 Å². The van der Waals surface area contributed by atoms with E-state index in [-0.39, 0.29) is 11.4 Å². The van der Waals surface area contributed by atoms with Crippen molar-refractivity contribution in [1.29, 1.82) is 0 Å². The minimum absolute atomic E-state index is 0.217. The molecule has 1 heterocycles. The number of aryl methyl sites for hydroxylation is 2. The molecule has 0 radical (unpaired) electrons. The van der Waals surface area contributed by atoms with Crippen LogP contribution in [-0.4, -0.2) is 27.2 Å². The lowest BCUT2D eigenvalue weighted by Crippen LogP contribution is -2.26. The highest BCUT2D eigenvalue weighted by Gasteiger charge is 2.15. The number of sulfonamides is 1. The number of ether oxygens (including phenoxy) is 1. The first-order chi connectivity index (χ1) is 9.92. The van der Waals surface area contributed by atoms with Crippen molar-refractivity contribution in [3.63, 3.8) is 0 Å². The van der Waals surface area contributed by atoms with Crippen LogP contribution in [0.15, 0.2) is 33.7 Å². The van der Waals surface area contributed by atoms with Gasteiger partial charge in [0.2, 0.25) is 10.0 Å². The molecule has 6 nitrogen and oxygen atoms in total. The zero-order valence-electron chi connectivity index (χ0n) is 12.2. The van der Waals surface area contributed by atoms with Crippen LogP contribution in [0.4, 0.5) is 0 Å². The molecular weight excluding hydrogens is 292 g/mol. The molecule has 0 aliphatic carbocycles. The first-order valence-electron chi connectivity index (χ1n) is 6.49. The van der Waals surface area contributed by atoms with Gasteiger partial charge in [0.15, 0.2) is 0 Å². The van der Waals surface area contributed by atoms with E-state index in [0.29, 0.717) is 17.9 Å². The van der Waals surface area contributed by atoms with E-state index < -0.39 is 10.0 Å². The molecule has 0 bridgehead atoms. The molecule has 0 saturated carbocycles. The van der Waals surface area contributed by atoms with E-state index in [1.807, 2.05) is 6.92 Å². The Morgan fingerprint density at radius 2 is 2.05 bits per heavy atom. The zero-order chi connectivity index (χ0) is 15.5. The number of rotatable bonds is 6. The van der Waals surface area contributed by atoms with Gasteiger partial charge in [0.1, 0.15) is 11.5 Å². The molecule has 2 rings (SSSR count). The van der Waals surface area contributed by atoms with Crippen LogP contribution in [0.5, 0.6) is 5.75 Å². The van der Waals surface area contributed by atoms with E-state index in [9.17, 15) is 8.42 Å². The number of hydrogen-bond donors (Lipinski definition) is 1. The van der Waals surface area contributed by atoms with E-state index in [1.165, 1.54) is 6.07 Å². The molecule has 0 fully saturated rings. The summed E-state index contributed by atoms with van der Waals surface area (Å²) in [6.45, 7) is 3.87. The third kappa shape index (κ3) is 3.83. The molecule has 0 atom stereocenters. The largest absolute Gasteiger partial charge is 0.496 e. The summed E-state index contributed by atoms with van der Waals surface area (Å²) in [6.07, 6.45) is 0.454. The van der Waals surface area contributed by atoms with Crippen LogP contribution in [0.1, 0.15) is 17.0 Å². The number of benzene rings is 1. The van der Waals surface area contributed by atoms with E-state index >= 15 is 0 Å². The molecule has 0 spiro atoms. The van der Waals surface area contributed by atoms with Crippen molar-refractivity contribution in [2.75, 3.05) is 13.7 Å². The Kier molecular flexibility index (Phi) is 4.64. The summed E-state index contributed by atoms with van der Waals surface area (Å²) in [7, 11) is -1.99. The van der Waals surface area contributed by atoms with E-state index in [4.69, 9.17) is 9.26 Å². The first kappa shape index (κ1) is 15.5.